The van der Waals surface area contributed by atoms with Gasteiger partial charge in [0.1, 0.15) is 0 Å². The molecule has 1 saturated carbocycles. The first-order chi connectivity index (χ1) is 10.2. The minimum absolute atomic E-state index is 0.0597. The lowest BCUT2D eigenvalue weighted by Crippen LogP contribution is -2.43. The Bertz CT molecular complexity index is 540. The van der Waals surface area contributed by atoms with Crippen molar-refractivity contribution >= 4 is 22.1 Å². The summed E-state index contributed by atoms with van der Waals surface area (Å²) in [4.78, 5) is 23.6. The molecule has 0 aromatic carbocycles. The van der Waals surface area contributed by atoms with E-state index < -0.39 is 33.8 Å². The zero-order valence-electron chi connectivity index (χ0n) is 12.7. The lowest BCUT2D eigenvalue weighted by atomic mass is 9.89. The van der Waals surface area contributed by atoms with Crippen LogP contribution in [0.25, 0.3) is 0 Å². The molecule has 0 N–H and O–H groups in total. The van der Waals surface area contributed by atoms with Crippen LogP contribution in [0.5, 0.6) is 0 Å². The Morgan fingerprint density at radius 2 is 1.91 bits per heavy atom. The maximum Gasteiger partial charge on any atom is 0.338 e. The van der Waals surface area contributed by atoms with Crippen LogP contribution in [0.4, 0.5) is 0 Å². The van der Waals surface area contributed by atoms with Crippen LogP contribution in [0.3, 0.4) is 0 Å². The van der Waals surface area contributed by atoms with E-state index >= 15 is 0 Å². The van der Waals surface area contributed by atoms with Gasteiger partial charge < -0.3 is 14.2 Å². The lowest BCUT2D eigenvalue weighted by molar-refractivity contribution is -0.175. The molecule has 0 spiro atoms. The van der Waals surface area contributed by atoms with Gasteiger partial charge in [0.25, 0.3) is 10.1 Å². The molecule has 22 heavy (non-hydrogen) atoms. The van der Waals surface area contributed by atoms with Gasteiger partial charge >= 0.3 is 11.9 Å². The Hall–Kier alpha value is -1.19. The van der Waals surface area contributed by atoms with Gasteiger partial charge in [0.05, 0.1) is 39.1 Å². The van der Waals surface area contributed by atoms with Gasteiger partial charge in [0, 0.05) is 6.42 Å². The van der Waals surface area contributed by atoms with Gasteiger partial charge in [0.2, 0.25) is 0 Å². The first-order valence-electron chi connectivity index (χ1n) is 6.90. The summed E-state index contributed by atoms with van der Waals surface area (Å²) in [6, 6.07) is 0. The molecule has 0 aromatic heterocycles. The van der Waals surface area contributed by atoms with Crippen molar-refractivity contribution in [3.8, 4) is 0 Å². The summed E-state index contributed by atoms with van der Waals surface area (Å²) in [5.41, 5.74) is -1.35. The molecule has 4 atom stereocenters. The topological polar surface area (TPSA) is 105 Å². The van der Waals surface area contributed by atoms with E-state index in [-0.39, 0.29) is 24.9 Å². The van der Waals surface area contributed by atoms with Gasteiger partial charge in [-0.1, -0.05) is 0 Å². The van der Waals surface area contributed by atoms with Crippen molar-refractivity contribution in [2.75, 3.05) is 20.5 Å². The van der Waals surface area contributed by atoms with Gasteiger partial charge in [-0.25, -0.2) is 4.79 Å². The number of esters is 2. The third-order valence-electron chi connectivity index (χ3n) is 4.08. The molecule has 0 bridgehead atoms. The first kappa shape index (κ1) is 17.2. The summed E-state index contributed by atoms with van der Waals surface area (Å²) in [5, 5.41) is 0. The number of rotatable bonds is 5. The third kappa shape index (κ3) is 3.58. The number of carbonyl (C=O) groups is 2. The highest BCUT2D eigenvalue weighted by Crippen LogP contribution is 2.47. The van der Waals surface area contributed by atoms with E-state index in [0.29, 0.717) is 12.8 Å². The monoisotopic (exact) mass is 336 g/mol. The molecule has 1 aliphatic carbocycles. The van der Waals surface area contributed by atoms with Gasteiger partial charge in [-0.3, -0.25) is 8.98 Å². The molecule has 0 radical (unpaired) electrons. The fourth-order valence-corrected chi connectivity index (χ4v) is 3.94. The van der Waals surface area contributed by atoms with Crippen molar-refractivity contribution < 1.29 is 36.4 Å². The Balaban J connectivity index is 2.08. The molecule has 8 nitrogen and oxygen atoms in total. The van der Waals surface area contributed by atoms with Crippen molar-refractivity contribution in [3.63, 3.8) is 0 Å². The van der Waals surface area contributed by atoms with Crippen LogP contribution >= 0.6 is 0 Å². The van der Waals surface area contributed by atoms with Crippen molar-refractivity contribution in [2.24, 2.45) is 5.92 Å². The molecule has 2 rings (SSSR count). The second-order valence-corrected chi connectivity index (χ2v) is 7.35. The third-order valence-corrected chi connectivity index (χ3v) is 4.70. The van der Waals surface area contributed by atoms with Crippen LogP contribution in [0, 0.1) is 5.92 Å². The molecule has 126 valence electrons. The molecular weight excluding hydrogens is 316 g/mol. The van der Waals surface area contributed by atoms with E-state index in [1.54, 1.807) is 0 Å². The normalized spacial score (nSPS) is 34.2. The van der Waals surface area contributed by atoms with Crippen molar-refractivity contribution in [1.82, 2.24) is 0 Å². The van der Waals surface area contributed by atoms with Gasteiger partial charge in [-0.05, 0) is 18.8 Å². The number of carbonyl (C=O) groups excluding carboxylic acids is 2. The first-order valence-corrected chi connectivity index (χ1v) is 8.72. The summed E-state index contributed by atoms with van der Waals surface area (Å²) in [6.07, 6.45) is 1.08. The molecule has 0 amide bonds. The largest absolute Gasteiger partial charge is 0.469 e. The molecule has 0 aromatic rings. The van der Waals surface area contributed by atoms with Crippen LogP contribution in [0.1, 0.15) is 25.7 Å². The zero-order valence-corrected chi connectivity index (χ0v) is 13.6. The van der Waals surface area contributed by atoms with Gasteiger partial charge in [0.15, 0.2) is 5.60 Å². The van der Waals surface area contributed by atoms with E-state index in [0.717, 1.165) is 6.26 Å². The number of methoxy groups -OCH3 is 2. The quantitative estimate of drug-likeness (QED) is 0.510. The summed E-state index contributed by atoms with van der Waals surface area (Å²) in [5.74, 6) is -1.24. The second-order valence-electron chi connectivity index (χ2n) is 5.75. The molecule has 2 aliphatic rings. The summed E-state index contributed by atoms with van der Waals surface area (Å²) in [7, 11) is -1.07. The highest BCUT2D eigenvalue weighted by Gasteiger charge is 2.57. The van der Waals surface area contributed by atoms with Crippen LogP contribution in [0.2, 0.25) is 0 Å². The van der Waals surface area contributed by atoms with Gasteiger partial charge in [-0.15, -0.1) is 0 Å². The molecule has 1 saturated heterocycles. The van der Waals surface area contributed by atoms with Gasteiger partial charge in [-0.2, -0.15) is 8.42 Å². The number of hydrogen-bond acceptors (Lipinski definition) is 8. The Kier molecular flexibility index (Phi) is 4.78. The molecule has 2 fully saturated rings. The maximum absolute atomic E-state index is 12.0. The number of fused-ring (bicyclic) bond motifs is 1. The maximum atomic E-state index is 12.0. The summed E-state index contributed by atoms with van der Waals surface area (Å²) < 4.78 is 42.5. The predicted octanol–water partition coefficient (Wildman–Crippen LogP) is 0.00500. The molecule has 1 heterocycles. The Morgan fingerprint density at radius 1 is 1.23 bits per heavy atom. The zero-order chi connectivity index (χ0) is 16.5. The average Bonchev–Trinajstić information content (AvgIpc) is 2.91. The molecule has 0 unspecified atom stereocenters. The Labute approximate surface area is 129 Å². The van der Waals surface area contributed by atoms with Crippen molar-refractivity contribution in [2.45, 2.75) is 43.5 Å². The highest BCUT2D eigenvalue weighted by molar-refractivity contribution is 7.86. The fraction of sp³-hybridized carbons (Fsp3) is 0.846. The molecule has 1 aliphatic heterocycles. The predicted molar refractivity (Wildman–Crippen MR) is 73.3 cm³/mol. The van der Waals surface area contributed by atoms with Crippen LogP contribution in [-0.2, 0) is 38.1 Å². The lowest BCUT2D eigenvalue weighted by Gasteiger charge is -2.26. The van der Waals surface area contributed by atoms with E-state index in [1.807, 2.05) is 0 Å². The van der Waals surface area contributed by atoms with Crippen molar-refractivity contribution in [1.29, 1.82) is 0 Å². The average molecular weight is 336 g/mol. The standard InChI is InChI=1S/C13H20O8S/c1-18-11(14)7-13(12(15)19-2)6-8-4-9(5-10(8)20-13)21-22(3,16)17/h8-10H,4-7H2,1-3H3/t8-,9-,10-,13-/m0/s1. The minimum atomic E-state index is -3.53. The second kappa shape index (κ2) is 6.13. The SMILES string of the molecule is COC(=O)C[C@]1(C(=O)OC)C[C@@H]2C[C@H](OS(C)(=O)=O)C[C@@H]2O1. The van der Waals surface area contributed by atoms with E-state index in [2.05, 4.69) is 4.74 Å². The number of ether oxygens (including phenoxy) is 3. The minimum Gasteiger partial charge on any atom is -0.469 e. The molecular formula is C13H20O8S. The van der Waals surface area contributed by atoms with Crippen LogP contribution in [0.15, 0.2) is 0 Å². The smallest absolute Gasteiger partial charge is 0.338 e. The number of hydrogen-bond donors (Lipinski definition) is 0. The summed E-state index contributed by atoms with van der Waals surface area (Å²) >= 11 is 0. The van der Waals surface area contributed by atoms with Crippen molar-refractivity contribution in [3.05, 3.63) is 0 Å². The van der Waals surface area contributed by atoms with E-state index in [9.17, 15) is 18.0 Å². The van der Waals surface area contributed by atoms with Crippen LogP contribution < -0.4 is 0 Å². The fourth-order valence-electron chi connectivity index (χ4n) is 3.29. The molecule has 9 heteroatoms. The van der Waals surface area contributed by atoms with E-state index in [1.165, 1.54) is 14.2 Å². The highest BCUT2D eigenvalue weighted by atomic mass is 32.2. The Morgan fingerprint density at radius 3 is 2.41 bits per heavy atom. The summed E-state index contributed by atoms with van der Waals surface area (Å²) in [6.45, 7) is 0. The van der Waals surface area contributed by atoms with Crippen LogP contribution in [-0.4, -0.2) is 58.6 Å². The van der Waals surface area contributed by atoms with E-state index in [4.69, 9.17) is 13.7 Å².